The number of benzene rings is 1. The monoisotopic (exact) mass is 1080 g/mol. The molecule has 18 nitrogen and oxygen atoms in total. The molecule has 0 radical (unpaired) electrons. The van der Waals surface area contributed by atoms with Crippen molar-refractivity contribution in [3.05, 3.63) is 71.2 Å². The van der Waals surface area contributed by atoms with Gasteiger partial charge in [-0.15, -0.1) is 0 Å². The number of amides is 1. The molecule has 1 amide bonds. The first-order chi connectivity index (χ1) is 35.2. The molecule has 4 aliphatic rings. The highest BCUT2D eigenvalue weighted by Crippen LogP contribution is 2.65. The zero-order valence-corrected chi connectivity index (χ0v) is 48.6. The molecule has 2 bridgehead atoms. The zero-order valence-electron chi connectivity index (χ0n) is 46.6. The second-order valence-corrected chi connectivity index (χ2v) is 31.8. The number of aliphatic hydroxyl groups is 1. The van der Waals surface area contributed by atoms with E-state index in [0.29, 0.717) is 36.3 Å². The average molecular weight is 1080 g/mol. The standard InChI is InChI=1S/C55H81NO17Si2/c1-16-74(17-2,18-3)72-38-30-39-54(32-66-39,71-50(62)64-15)44-46(69-47(59)35-26-23-22-24-27-35)55(63)31-37(33(7)40(52(55,12)13)42(67-34(8)57)45(58)53(38,44)14)68-48(60)43(73-75(19-4,20-5)21-6)41(36-28-25-29-65-36)56-49(61)70-51(9,10)11/h22-29,37-39,41-44,46,63H,16-21,30-32H2,1-15H3,(H,56,61)/t37-,38-,39+,41-,42+,43+,44?,46-,53+,54-,55+/m0/s1. The number of ether oxygens (including phenoxy) is 7. The minimum atomic E-state index is -2.80. The number of ketones is 1. The minimum absolute atomic E-state index is 0.0321. The Morgan fingerprint density at radius 1 is 0.867 bits per heavy atom. The maximum atomic E-state index is 16.6. The van der Waals surface area contributed by atoms with Crippen LogP contribution in [0.4, 0.5) is 9.59 Å². The van der Waals surface area contributed by atoms with Gasteiger partial charge >= 0.3 is 30.2 Å². The highest BCUT2D eigenvalue weighted by atomic mass is 28.4. The van der Waals surface area contributed by atoms with E-state index in [0.717, 1.165) is 7.11 Å². The van der Waals surface area contributed by atoms with E-state index >= 15 is 9.59 Å². The molecule has 416 valence electrons. The topological polar surface area (TPSA) is 231 Å². The van der Waals surface area contributed by atoms with E-state index in [1.807, 2.05) is 41.5 Å². The SMILES string of the molecule is CC[Si](CC)(CC)O[C@H]1C[C@H]2OC[C@@]2(OC(=O)OC)C2[C@H](OC(=O)c3ccccc3)[C@]3(O)C[C@H](OC(=O)[C@H](O[Si](CC)(CC)CC)[C@@H](NC(=O)OC(C)(C)C)c4ccco4)C(C)=C([C@@H](OC(C)=O)C(=O)[C@@]21C)C3(C)C. The van der Waals surface area contributed by atoms with Gasteiger partial charge in [-0.05, 0) is 106 Å². The second-order valence-electron chi connectivity index (χ2n) is 22.4. The van der Waals surface area contributed by atoms with Crippen LogP contribution < -0.4 is 5.32 Å². The number of hydrogen-bond acceptors (Lipinski definition) is 17. The molecule has 1 aromatic heterocycles. The number of nitrogens with one attached hydrogen (secondary N) is 1. The van der Waals surface area contributed by atoms with Crippen molar-refractivity contribution in [2.45, 2.75) is 206 Å². The molecule has 1 aromatic carbocycles. The average Bonchev–Trinajstić information content (AvgIpc) is 3.91. The van der Waals surface area contributed by atoms with Crippen LogP contribution in [0.2, 0.25) is 36.3 Å². The summed E-state index contributed by atoms with van der Waals surface area (Å²) in [6.45, 7) is 24.6. The van der Waals surface area contributed by atoms with Gasteiger partial charge < -0.3 is 56.9 Å². The largest absolute Gasteiger partial charge is 0.508 e. The molecule has 1 saturated heterocycles. The van der Waals surface area contributed by atoms with Crippen LogP contribution in [-0.4, -0.2) is 125 Å². The predicted molar refractivity (Wildman–Crippen MR) is 279 cm³/mol. The Morgan fingerprint density at radius 2 is 1.48 bits per heavy atom. The van der Waals surface area contributed by atoms with E-state index in [9.17, 15) is 24.3 Å². The van der Waals surface area contributed by atoms with Crippen molar-refractivity contribution in [3.8, 4) is 0 Å². The number of carbonyl (C=O) groups excluding carboxylic acids is 6. The fourth-order valence-electron chi connectivity index (χ4n) is 12.3. The number of fused-ring (bicyclic) bond motifs is 5. The summed E-state index contributed by atoms with van der Waals surface area (Å²) in [6, 6.07) is 13.8. The number of methoxy groups -OCH3 is 1. The molecule has 11 atom stereocenters. The van der Waals surface area contributed by atoms with Gasteiger partial charge in [0.2, 0.25) is 0 Å². The number of alkyl carbamates (subject to hydrolysis) is 1. The van der Waals surface area contributed by atoms with E-state index in [-0.39, 0.29) is 35.5 Å². The molecule has 3 aliphatic carbocycles. The number of rotatable bonds is 19. The molecule has 0 spiro atoms. The zero-order chi connectivity index (χ0) is 55.7. The Bertz CT molecular complexity index is 2410. The summed E-state index contributed by atoms with van der Waals surface area (Å²) in [5.41, 5.74) is -8.22. The molecule has 3 fully saturated rings. The maximum Gasteiger partial charge on any atom is 0.508 e. The van der Waals surface area contributed by atoms with Crippen molar-refractivity contribution in [3.63, 3.8) is 0 Å². The number of carbonyl (C=O) groups is 6. The summed E-state index contributed by atoms with van der Waals surface area (Å²) in [6.07, 6.45) is -9.61. The van der Waals surface area contributed by atoms with Crippen LogP contribution in [0, 0.1) is 16.7 Å². The van der Waals surface area contributed by atoms with E-state index in [4.69, 9.17) is 46.4 Å². The van der Waals surface area contributed by atoms with Crippen molar-refractivity contribution in [1.29, 1.82) is 0 Å². The van der Waals surface area contributed by atoms with Crippen LogP contribution >= 0.6 is 0 Å². The molecule has 1 unspecified atom stereocenters. The lowest BCUT2D eigenvalue weighted by Gasteiger charge is -2.68. The van der Waals surface area contributed by atoms with Gasteiger partial charge in [0.1, 0.15) is 41.3 Å². The Hall–Kier alpha value is -4.87. The van der Waals surface area contributed by atoms with E-state index < -0.39 is 135 Å². The van der Waals surface area contributed by atoms with Gasteiger partial charge in [-0.1, -0.05) is 73.6 Å². The van der Waals surface area contributed by atoms with E-state index in [2.05, 4.69) is 5.32 Å². The van der Waals surface area contributed by atoms with Crippen molar-refractivity contribution >= 4 is 52.6 Å². The molecular formula is C55H81NO17Si2. The van der Waals surface area contributed by atoms with Crippen molar-refractivity contribution in [2.75, 3.05) is 13.7 Å². The number of Topliss-reactive ketones (excluding diaryl/α,β-unsaturated/α-hetero) is 1. The fraction of sp³-hybridized carbons (Fsp3) is 0.673. The Morgan fingerprint density at radius 3 is 1.99 bits per heavy atom. The van der Waals surface area contributed by atoms with Crippen LogP contribution in [0.3, 0.4) is 0 Å². The van der Waals surface area contributed by atoms with Crippen LogP contribution in [0.25, 0.3) is 0 Å². The minimum Gasteiger partial charge on any atom is -0.467 e. The number of esters is 3. The first-order valence-electron chi connectivity index (χ1n) is 26.5. The van der Waals surface area contributed by atoms with E-state index in [1.54, 1.807) is 90.9 Å². The van der Waals surface area contributed by atoms with Crippen molar-refractivity contribution < 1.29 is 80.3 Å². The van der Waals surface area contributed by atoms with Crippen LogP contribution in [0.1, 0.15) is 132 Å². The Kier molecular flexibility index (Phi) is 17.9. The van der Waals surface area contributed by atoms with Crippen molar-refractivity contribution in [2.24, 2.45) is 16.7 Å². The Labute approximate surface area is 443 Å². The molecule has 2 saturated carbocycles. The van der Waals surface area contributed by atoms with Crippen LogP contribution in [-0.2, 0) is 56.4 Å². The predicted octanol–water partition coefficient (Wildman–Crippen LogP) is 9.70. The summed E-state index contributed by atoms with van der Waals surface area (Å²) < 4.78 is 63.3. The third-order valence-electron chi connectivity index (χ3n) is 17.2. The van der Waals surface area contributed by atoms with Crippen LogP contribution in [0.15, 0.2) is 64.3 Å². The molecule has 2 heterocycles. The summed E-state index contributed by atoms with van der Waals surface area (Å²) in [4.78, 5) is 87.9. The molecule has 6 rings (SSSR count). The van der Waals surface area contributed by atoms with Gasteiger partial charge in [0.05, 0.1) is 43.0 Å². The molecular weight excluding hydrogens is 1000 g/mol. The summed E-state index contributed by atoms with van der Waals surface area (Å²) in [7, 11) is -4.34. The summed E-state index contributed by atoms with van der Waals surface area (Å²) in [5, 5.41) is 17.2. The first-order valence-corrected chi connectivity index (χ1v) is 31.6. The normalized spacial score (nSPS) is 29.1. The fourth-order valence-corrected chi connectivity index (χ4v) is 18.0. The number of hydrogen-bond donors (Lipinski definition) is 2. The maximum absolute atomic E-state index is 16.6. The van der Waals surface area contributed by atoms with Crippen LogP contribution in [0.5, 0.6) is 0 Å². The Balaban J connectivity index is 1.66. The third kappa shape index (κ3) is 11.0. The summed E-state index contributed by atoms with van der Waals surface area (Å²) in [5.74, 6) is -4.70. The quantitative estimate of drug-likeness (QED) is 0.0577. The highest BCUT2D eigenvalue weighted by Gasteiger charge is 2.79. The van der Waals surface area contributed by atoms with Gasteiger partial charge in [-0.3, -0.25) is 9.59 Å². The molecule has 75 heavy (non-hydrogen) atoms. The van der Waals surface area contributed by atoms with Crippen molar-refractivity contribution in [1.82, 2.24) is 5.32 Å². The second kappa shape index (κ2) is 22.6. The van der Waals surface area contributed by atoms with Gasteiger partial charge in [-0.2, -0.15) is 0 Å². The lowest BCUT2D eigenvalue weighted by atomic mass is 9.44. The highest BCUT2D eigenvalue weighted by molar-refractivity contribution is 6.74. The van der Waals surface area contributed by atoms with E-state index in [1.165, 1.54) is 13.2 Å². The number of furan rings is 1. The van der Waals surface area contributed by atoms with Gasteiger partial charge in [0, 0.05) is 25.2 Å². The van der Waals surface area contributed by atoms with Gasteiger partial charge in [0.15, 0.2) is 40.2 Å². The lowest BCUT2D eigenvalue weighted by molar-refractivity contribution is -0.343. The lowest BCUT2D eigenvalue weighted by Crippen LogP contribution is -2.82. The summed E-state index contributed by atoms with van der Waals surface area (Å²) >= 11 is 0. The van der Waals surface area contributed by atoms with Gasteiger partial charge in [0.25, 0.3) is 0 Å². The van der Waals surface area contributed by atoms with Gasteiger partial charge in [-0.25, -0.2) is 19.2 Å². The third-order valence-corrected chi connectivity index (χ3v) is 26.5. The molecule has 2 aromatic rings. The molecule has 20 heteroatoms. The smallest absolute Gasteiger partial charge is 0.467 e. The first kappa shape index (κ1) is 59.4. The molecule has 2 N–H and O–H groups in total. The molecule has 1 aliphatic heterocycles.